The first-order valence-electron chi connectivity index (χ1n) is 11.8. The van der Waals surface area contributed by atoms with Gasteiger partial charge in [-0.1, -0.05) is 50.6 Å². The van der Waals surface area contributed by atoms with Crippen molar-refractivity contribution in [3.63, 3.8) is 0 Å². The highest BCUT2D eigenvalue weighted by Crippen LogP contribution is 2.42. The molecule has 0 bridgehead atoms. The van der Waals surface area contributed by atoms with Crippen molar-refractivity contribution in [2.75, 3.05) is 6.54 Å². The standard InChI is InChI=1S/C27H32ClN3O3/c1-27(2,3)20-8-11-23-22(14-20)31(17-25(32)30-16-19-5-4-12-29-15-19)26(33)24(34-23)13-18-6-9-21(28)10-7-18/h4-7,9-10,12-13,15,20,22-23H,8,11,14,16-17H2,1-3H3,(H,30,32)/b24-13+. The molecule has 34 heavy (non-hydrogen) atoms. The molecule has 3 atom stereocenters. The van der Waals surface area contributed by atoms with E-state index in [0.29, 0.717) is 17.5 Å². The molecule has 1 saturated heterocycles. The van der Waals surface area contributed by atoms with E-state index in [4.69, 9.17) is 16.3 Å². The van der Waals surface area contributed by atoms with Gasteiger partial charge in [-0.2, -0.15) is 0 Å². The summed E-state index contributed by atoms with van der Waals surface area (Å²) < 4.78 is 6.24. The van der Waals surface area contributed by atoms with Crippen LogP contribution < -0.4 is 5.32 Å². The van der Waals surface area contributed by atoms with Crippen molar-refractivity contribution in [1.82, 2.24) is 15.2 Å². The Balaban J connectivity index is 1.55. The molecule has 180 valence electrons. The lowest BCUT2D eigenvalue weighted by molar-refractivity contribution is -0.154. The first-order valence-corrected chi connectivity index (χ1v) is 12.2. The highest BCUT2D eigenvalue weighted by Gasteiger charge is 2.46. The Morgan fingerprint density at radius 2 is 2.00 bits per heavy atom. The molecule has 1 N–H and O–H groups in total. The van der Waals surface area contributed by atoms with Gasteiger partial charge in [0.1, 0.15) is 12.6 Å². The van der Waals surface area contributed by atoms with Crippen LogP contribution in [0, 0.1) is 11.3 Å². The molecular formula is C27H32ClN3O3. The van der Waals surface area contributed by atoms with Crippen LogP contribution in [0.25, 0.3) is 6.08 Å². The van der Waals surface area contributed by atoms with Crippen LogP contribution in [-0.4, -0.2) is 40.4 Å². The van der Waals surface area contributed by atoms with E-state index in [2.05, 4.69) is 31.1 Å². The molecule has 0 radical (unpaired) electrons. The monoisotopic (exact) mass is 481 g/mol. The molecule has 1 aliphatic heterocycles. The molecule has 1 aromatic heterocycles. The molecule has 6 nitrogen and oxygen atoms in total. The smallest absolute Gasteiger partial charge is 0.289 e. The second-order valence-electron chi connectivity index (χ2n) is 10.2. The van der Waals surface area contributed by atoms with Crippen LogP contribution in [0.4, 0.5) is 0 Å². The lowest BCUT2D eigenvalue weighted by Gasteiger charge is -2.48. The third-order valence-corrected chi connectivity index (χ3v) is 7.08. The second kappa shape index (κ2) is 10.2. The maximum atomic E-state index is 13.5. The van der Waals surface area contributed by atoms with Crippen molar-refractivity contribution in [2.24, 2.45) is 11.3 Å². The molecule has 2 aromatic rings. The number of carbonyl (C=O) groups is 2. The van der Waals surface area contributed by atoms with E-state index in [-0.39, 0.29) is 41.7 Å². The van der Waals surface area contributed by atoms with E-state index in [1.165, 1.54) is 0 Å². The largest absolute Gasteiger partial charge is 0.482 e. The van der Waals surface area contributed by atoms with Crippen molar-refractivity contribution < 1.29 is 14.3 Å². The summed E-state index contributed by atoms with van der Waals surface area (Å²) in [4.78, 5) is 32.2. The number of nitrogens with zero attached hydrogens (tertiary/aromatic N) is 2. The zero-order valence-electron chi connectivity index (χ0n) is 20.0. The number of carbonyl (C=O) groups excluding carboxylic acids is 2. The summed E-state index contributed by atoms with van der Waals surface area (Å²) in [6, 6.07) is 10.9. The maximum Gasteiger partial charge on any atom is 0.289 e. The summed E-state index contributed by atoms with van der Waals surface area (Å²) in [6.45, 7) is 7.08. The predicted octanol–water partition coefficient (Wildman–Crippen LogP) is 4.83. The Morgan fingerprint density at radius 1 is 1.24 bits per heavy atom. The summed E-state index contributed by atoms with van der Waals surface area (Å²) in [6.07, 6.45) is 7.75. The first kappa shape index (κ1) is 24.3. The van der Waals surface area contributed by atoms with Gasteiger partial charge in [-0.05, 0) is 66.0 Å². The fraction of sp³-hybridized carbons (Fsp3) is 0.444. The molecule has 4 rings (SSSR count). The normalized spacial score (nSPS) is 23.9. The number of hydrogen-bond donors (Lipinski definition) is 1. The molecule has 1 saturated carbocycles. The molecule has 2 fully saturated rings. The van der Waals surface area contributed by atoms with Crippen LogP contribution in [0.5, 0.6) is 0 Å². The molecule has 1 aromatic carbocycles. The fourth-order valence-corrected chi connectivity index (χ4v) is 4.91. The highest BCUT2D eigenvalue weighted by molar-refractivity contribution is 6.30. The molecule has 3 unspecified atom stereocenters. The number of benzene rings is 1. The van der Waals surface area contributed by atoms with Gasteiger partial charge in [0.2, 0.25) is 5.91 Å². The minimum Gasteiger partial charge on any atom is -0.482 e. The van der Waals surface area contributed by atoms with Crippen molar-refractivity contribution in [1.29, 1.82) is 0 Å². The molecule has 2 amide bonds. The van der Waals surface area contributed by atoms with Gasteiger partial charge in [-0.3, -0.25) is 14.6 Å². The summed E-state index contributed by atoms with van der Waals surface area (Å²) in [5.41, 5.74) is 1.87. The van der Waals surface area contributed by atoms with E-state index < -0.39 is 0 Å². The van der Waals surface area contributed by atoms with E-state index in [0.717, 1.165) is 30.4 Å². The number of amides is 2. The van der Waals surface area contributed by atoms with E-state index in [1.807, 2.05) is 24.3 Å². The number of rotatable bonds is 5. The zero-order chi connectivity index (χ0) is 24.3. The number of fused-ring (bicyclic) bond motifs is 1. The van der Waals surface area contributed by atoms with Crippen LogP contribution >= 0.6 is 11.6 Å². The van der Waals surface area contributed by atoms with Gasteiger partial charge in [0.25, 0.3) is 5.91 Å². The average Bonchev–Trinajstić information content (AvgIpc) is 2.81. The van der Waals surface area contributed by atoms with Crippen molar-refractivity contribution in [3.8, 4) is 0 Å². The van der Waals surface area contributed by atoms with Crippen LogP contribution in [-0.2, 0) is 20.9 Å². The third kappa shape index (κ3) is 5.79. The molecule has 2 aliphatic rings. The SMILES string of the molecule is CC(C)(C)C1CCC2O/C(=C/c3ccc(Cl)cc3)C(=O)N(CC(=O)NCc3cccnc3)C2C1. The Kier molecular flexibility index (Phi) is 7.27. The summed E-state index contributed by atoms with van der Waals surface area (Å²) in [7, 11) is 0. The van der Waals surface area contributed by atoms with Gasteiger partial charge >= 0.3 is 0 Å². The van der Waals surface area contributed by atoms with Gasteiger partial charge in [-0.25, -0.2) is 0 Å². The number of hydrogen-bond acceptors (Lipinski definition) is 4. The quantitative estimate of drug-likeness (QED) is 0.620. The predicted molar refractivity (Wildman–Crippen MR) is 133 cm³/mol. The van der Waals surface area contributed by atoms with E-state index in [9.17, 15) is 9.59 Å². The fourth-order valence-electron chi connectivity index (χ4n) is 4.79. The Morgan fingerprint density at radius 3 is 2.68 bits per heavy atom. The van der Waals surface area contributed by atoms with Crippen molar-refractivity contribution in [2.45, 2.75) is 58.7 Å². The first-order chi connectivity index (χ1) is 16.2. The number of morpholine rings is 1. The molecule has 7 heteroatoms. The molecule has 0 spiro atoms. The van der Waals surface area contributed by atoms with Crippen LogP contribution in [0.1, 0.15) is 51.2 Å². The summed E-state index contributed by atoms with van der Waals surface area (Å²) in [5, 5.41) is 3.56. The van der Waals surface area contributed by atoms with Crippen LogP contribution in [0.2, 0.25) is 5.02 Å². The molecular weight excluding hydrogens is 450 g/mol. The minimum atomic E-state index is -0.248. The van der Waals surface area contributed by atoms with Crippen LogP contribution in [0.15, 0.2) is 54.6 Å². The summed E-state index contributed by atoms with van der Waals surface area (Å²) in [5.74, 6) is 0.287. The van der Waals surface area contributed by atoms with Gasteiger partial charge in [0, 0.05) is 24.0 Å². The topological polar surface area (TPSA) is 71.5 Å². The number of pyridine rings is 1. The average molecular weight is 482 g/mol. The van der Waals surface area contributed by atoms with Crippen LogP contribution in [0.3, 0.4) is 0 Å². The number of nitrogens with one attached hydrogen (secondary N) is 1. The Labute approximate surface area is 206 Å². The van der Waals surface area contributed by atoms with Gasteiger partial charge in [0.05, 0.1) is 6.04 Å². The maximum absolute atomic E-state index is 13.5. The summed E-state index contributed by atoms with van der Waals surface area (Å²) >= 11 is 6.00. The highest BCUT2D eigenvalue weighted by atomic mass is 35.5. The zero-order valence-corrected chi connectivity index (χ0v) is 20.7. The van der Waals surface area contributed by atoms with Crippen molar-refractivity contribution >= 4 is 29.5 Å². The number of halogens is 1. The Hall–Kier alpha value is -2.86. The van der Waals surface area contributed by atoms with Gasteiger partial charge < -0.3 is 15.0 Å². The van der Waals surface area contributed by atoms with Crippen molar-refractivity contribution in [3.05, 3.63) is 70.7 Å². The lowest BCUT2D eigenvalue weighted by atomic mass is 9.69. The Bertz CT molecular complexity index is 1050. The third-order valence-electron chi connectivity index (χ3n) is 6.82. The lowest BCUT2D eigenvalue weighted by Crippen LogP contribution is -2.58. The van der Waals surface area contributed by atoms with Gasteiger partial charge in [0.15, 0.2) is 5.76 Å². The molecule has 2 heterocycles. The second-order valence-corrected chi connectivity index (χ2v) is 10.7. The van der Waals surface area contributed by atoms with E-state index in [1.54, 1.807) is 35.5 Å². The molecule has 1 aliphatic carbocycles. The van der Waals surface area contributed by atoms with E-state index >= 15 is 0 Å². The van der Waals surface area contributed by atoms with Gasteiger partial charge in [-0.15, -0.1) is 0 Å². The number of aromatic nitrogens is 1. The number of ether oxygens (including phenoxy) is 1. The minimum absolute atomic E-state index is 0.00154.